The number of methoxy groups -OCH3 is 2. The van der Waals surface area contributed by atoms with Crippen LogP contribution in [-0.2, 0) is 16.6 Å². The molecule has 3 rings (SSSR count). The molecule has 9 heteroatoms. The van der Waals surface area contributed by atoms with Gasteiger partial charge in [-0.2, -0.15) is 0 Å². The van der Waals surface area contributed by atoms with E-state index in [4.69, 9.17) is 18.9 Å². The first-order chi connectivity index (χ1) is 12.4. The molecule has 2 aromatic carbocycles. The van der Waals surface area contributed by atoms with E-state index in [1.807, 2.05) is 0 Å². The van der Waals surface area contributed by atoms with Gasteiger partial charge in [-0.3, -0.25) is 0 Å². The fourth-order valence-corrected chi connectivity index (χ4v) is 4.55. The van der Waals surface area contributed by atoms with Crippen LogP contribution in [0.15, 0.2) is 39.7 Å². The summed E-state index contributed by atoms with van der Waals surface area (Å²) in [7, 11) is -0.839. The van der Waals surface area contributed by atoms with Crippen molar-refractivity contribution in [2.45, 2.75) is 11.4 Å². The number of ether oxygens (including phenoxy) is 4. The highest BCUT2D eigenvalue weighted by Crippen LogP contribution is 2.35. The Morgan fingerprint density at radius 2 is 1.69 bits per heavy atom. The molecule has 1 aliphatic rings. The lowest BCUT2D eigenvalue weighted by Crippen LogP contribution is -2.24. The Bertz CT molecular complexity index is 916. The normalized spacial score (nSPS) is 13.3. The van der Waals surface area contributed by atoms with Gasteiger partial charge >= 0.3 is 0 Å². The predicted octanol–water partition coefficient (Wildman–Crippen LogP) is 2.72. The third kappa shape index (κ3) is 3.89. The molecule has 0 saturated heterocycles. The van der Waals surface area contributed by atoms with Gasteiger partial charge in [0.05, 0.1) is 14.2 Å². The highest BCUT2D eigenvalue weighted by Gasteiger charge is 2.21. The van der Waals surface area contributed by atoms with Gasteiger partial charge in [-0.25, -0.2) is 13.1 Å². The second kappa shape index (κ2) is 7.73. The molecule has 0 bridgehead atoms. The number of fused-ring (bicyclic) bond motifs is 1. The van der Waals surface area contributed by atoms with Gasteiger partial charge in [0.25, 0.3) is 0 Å². The van der Waals surface area contributed by atoms with E-state index < -0.39 is 10.0 Å². The Hall–Kier alpha value is -1.97. The third-order valence-electron chi connectivity index (χ3n) is 3.80. The van der Waals surface area contributed by atoms with Crippen molar-refractivity contribution in [2.24, 2.45) is 0 Å². The van der Waals surface area contributed by atoms with E-state index in [1.165, 1.54) is 20.3 Å². The molecule has 0 fully saturated rings. The molecular weight excluding hydrogens is 426 g/mol. The second-order valence-electron chi connectivity index (χ2n) is 5.44. The fourth-order valence-electron chi connectivity index (χ4n) is 2.50. The summed E-state index contributed by atoms with van der Waals surface area (Å²) in [6.07, 6.45) is 0. The van der Waals surface area contributed by atoms with Gasteiger partial charge in [0.2, 0.25) is 10.0 Å². The van der Waals surface area contributed by atoms with Gasteiger partial charge in [0.1, 0.15) is 18.1 Å². The number of benzene rings is 2. The molecule has 1 N–H and O–H groups in total. The van der Waals surface area contributed by atoms with Crippen molar-refractivity contribution in [3.63, 3.8) is 0 Å². The molecule has 7 nitrogen and oxygen atoms in total. The minimum Gasteiger partial charge on any atom is -0.493 e. The van der Waals surface area contributed by atoms with Gasteiger partial charge in [0.15, 0.2) is 23.0 Å². The quantitative estimate of drug-likeness (QED) is 0.738. The van der Waals surface area contributed by atoms with E-state index in [-0.39, 0.29) is 11.4 Å². The van der Waals surface area contributed by atoms with Crippen LogP contribution in [0, 0.1) is 0 Å². The monoisotopic (exact) mass is 443 g/mol. The summed E-state index contributed by atoms with van der Waals surface area (Å²) >= 11 is 3.27. The van der Waals surface area contributed by atoms with E-state index in [1.54, 1.807) is 24.3 Å². The number of hydrogen-bond acceptors (Lipinski definition) is 6. The topological polar surface area (TPSA) is 83.1 Å². The molecule has 140 valence electrons. The van der Waals surface area contributed by atoms with E-state index in [9.17, 15) is 8.42 Å². The van der Waals surface area contributed by atoms with Gasteiger partial charge in [-0.05, 0) is 39.7 Å². The molecule has 0 radical (unpaired) electrons. The Labute approximate surface area is 160 Å². The second-order valence-corrected chi connectivity index (χ2v) is 8.03. The summed E-state index contributed by atoms with van der Waals surface area (Å²) in [5.74, 6) is 2.03. The Morgan fingerprint density at radius 3 is 2.38 bits per heavy atom. The number of halogens is 1. The first-order valence-electron chi connectivity index (χ1n) is 7.74. The van der Waals surface area contributed by atoms with E-state index in [0.717, 1.165) is 5.56 Å². The highest BCUT2D eigenvalue weighted by atomic mass is 79.9. The van der Waals surface area contributed by atoms with Crippen molar-refractivity contribution in [2.75, 3.05) is 27.4 Å². The predicted molar refractivity (Wildman–Crippen MR) is 98.7 cm³/mol. The summed E-state index contributed by atoms with van der Waals surface area (Å²) < 4.78 is 49.7. The smallest absolute Gasteiger partial charge is 0.242 e. The van der Waals surface area contributed by atoms with Crippen LogP contribution in [0.3, 0.4) is 0 Å². The van der Waals surface area contributed by atoms with Crippen LogP contribution >= 0.6 is 15.9 Å². The van der Waals surface area contributed by atoms with E-state index in [2.05, 4.69) is 20.7 Å². The van der Waals surface area contributed by atoms with Gasteiger partial charge in [0, 0.05) is 17.1 Å². The zero-order chi connectivity index (χ0) is 18.7. The summed E-state index contributed by atoms with van der Waals surface area (Å²) in [5, 5.41) is 0. The minimum absolute atomic E-state index is 0.0627. The molecule has 2 aromatic rings. The maximum atomic E-state index is 12.7. The van der Waals surface area contributed by atoms with E-state index in [0.29, 0.717) is 40.7 Å². The zero-order valence-electron chi connectivity index (χ0n) is 14.2. The maximum Gasteiger partial charge on any atom is 0.242 e. The van der Waals surface area contributed by atoms with Crippen molar-refractivity contribution < 1.29 is 27.4 Å². The SMILES string of the molecule is COc1cc(Br)c(S(=O)(=O)NCc2ccc3c(c2)OCCO3)cc1OC. The number of sulfonamides is 1. The van der Waals surface area contributed by atoms with E-state index >= 15 is 0 Å². The average molecular weight is 444 g/mol. The Morgan fingerprint density at radius 1 is 1.04 bits per heavy atom. The molecule has 0 spiro atoms. The van der Waals surface area contributed by atoms with Crippen LogP contribution in [-0.4, -0.2) is 35.9 Å². The molecule has 1 aliphatic heterocycles. The standard InChI is InChI=1S/C17H18BrNO6S/c1-22-14-8-12(18)17(9-15(14)23-2)26(20,21)19-10-11-3-4-13-16(7-11)25-6-5-24-13/h3-4,7-9,19H,5-6,10H2,1-2H3. The van der Waals surface area contributed by atoms with Crippen molar-refractivity contribution in [3.8, 4) is 23.0 Å². The largest absolute Gasteiger partial charge is 0.493 e. The summed E-state index contributed by atoms with van der Waals surface area (Å²) in [6, 6.07) is 8.29. The molecule has 26 heavy (non-hydrogen) atoms. The minimum atomic E-state index is -3.77. The van der Waals surface area contributed by atoms with Crippen LogP contribution in [0.25, 0.3) is 0 Å². The molecule has 1 heterocycles. The lowest BCUT2D eigenvalue weighted by atomic mass is 10.2. The van der Waals surface area contributed by atoms with Gasteiger partial charge < -0.3 is 18.9 Å². The van der Waals surface area contributed by atoms with Crippen molar-refractivity contribution in [1.29, 1.82) is 0 Å². The first-order valence-corrected chi connectivity index (χ1v) is 10.0. The molecule has 0 unspecified atom stereocenters. The Balaban J connectivity index is 1.81. The molecule has 0 aromatic heterocycles. The van der Waals surface area contributed by atoms with Crippen LogP contribution < -0.4 is 23.7 Å². The van der Waals surface area contributed by atoms with Crippen molar-refractivity contribution in [1.82, 2.24) is 4.72 Å². The average Bonchev–Trinajstić information content (AvgIpc) is 2.65. The van der Waals surface area contributed by atoms with Crippen molar-refractivity contribution >= 4 is 26.0 Å². The summed E-state index contributed by atoms with van der Waals surface area (Å²) in [5.41, 5.74) is 0.759. The van der Waals surface area contributed by atoms with Crippen molar-refractivity contribution in [3.05, 3.63) is 40.4 Å². The van der Waals surface area contributed by atoms with Crippen LogP contribution in [0.2, 0.25) is 0 Å². The molecular formula is C17H18BrNO6S. The maximum absolute atomic E-state index is 12.7. The van der Waals surface area contributed by atoms with Crippen LogP contribution in [0.5, 0.6) is 23.0 Å². The third-order valence-corrected chi connectivity index (χ3v) is 6.16. The first kappa shape index (κ1) is 18.8. The lowest BCUT2D eigenvalue weighted by molar-refractivity contribution is 0.171. The zero-order valence-corrected chi connectivity index (χ0v) is 16.6. The molecule has 0 aliphatic carbocycles. The van der Waals surface area contributed by atoms with Crippen LogP contribution in [0.4, 0.5) is 0 Å². The number of hydrogen-bond donors (Lipinski definition) is 1. The number of nitrogens with one attached hydrogen (secondary N) is 1. The summed E-state index contributed by atoms with van der Waals surface area (Å²) in [6.45, 7) is 1.09. The van der Waals surface area contributed by atoms with Crippen LogP contribution in [0.1, 0.15) is 5.56 Å². The molecule has 0 saturated carbocycles. The lowest BCUT2D eigenvalue weighted by Gasteiger charge is -2.19. The Kier molecular flexibility index (Phi) is 5.59. The van der Waals surface area contributed by atoms with Gasteiger partial charge in [-0.15, -0.1) is 0 Å². The fraction of sp³-hybridized carbons (Fsp3) is 0.294. The number of rotatable bonds is 6. The summed E-state index contributed by atoms with van der Waals surface area (Å²) in [4.78, 5) is 0.0627. The van der Waals surface area contributed by atoms with Gasteiger partial charge in [-0.1, -0.05) is 6.07 Å². The highest BCUT2D eigenvalue weighted by molar-refractivity contribution is 9.10. The molecule has 0 amide bonds. The molecule has 0 atom stereocenters.